The Bertz CT molecular complexity index is 913. The van der Waals surface area contributed by atoms with Crippen molar-refractivity contribution in [3.8, 4) is 0 Å². The molecular weight excluding hydrogens is 371 g/mol. The van der Waals surface area contributed by atoms with Crippen molar-refractivity contribution in [1.29, 1.82) is 0 Å². The van der Waals surface area contributed by atoms with Crippen LogP contribution >= 0.6 is 15.9 Å². The van der Waals surface area contributed by atoms with Gasteiger partial charge < -0.3 is 4.74 Å². The Morgan fingerprint density at radius 1 is 1.08 bits per heavy atom. The molecule has 120 valence electrons. The summed E-state index contributed by atoms with van der Waals surface area (Å²) in [7, 11) is 0. The summed E-state index contributed by atoms with van der Waals surface area (Å²) in [4.78, 5) is 11.9. The summed E-state index contributed by atoms with van der Waals surface area (Å²) in [6, 6.07) is 18.3. The standard InChI is InChI=1S/C20H14BrFO2/c21-17-9-10-19(22)15(12-17)8-11-20(23)24-13-16-6-3-5-14-4-1-2-7-18(14)16/h1-12H,13H2/b11-8+. The van der Waals surface area contributed by atoms with Crippen LogP contribution in [0.25, 0.3) is 16.8 Å². The van der Waals surface area contributed by atoms with E-state index in [1.165, 1.54) is 18.2 Å². The van der Waals surface area contributed by atoms with E-state index in [2.05, 4.69) is 15.9 Å². The summed E-state index contributed by atoms with van der Waals surface area (Å²) in [5, 5.41) is 2.15. The second-order valence-electron chi connectivity index (χ2n) is 5.25. The minimum atomic E-state index is -0.512. The molecule has 0 saturated carbocycles. The molecule has 3 aromatic carbocycles. The zero-order valence-electron chi connectivity index (χ0n) is 12.7. The Hall–Kier alpha value is -2.46. The van der Waals surface area contributed by atoms with E-state index in [9.17, 15) is 9.18 Å². The van der Waals surface area contributed by atoms with Gasteiger partial charge in [-0.25, -0.2) is 9.18 Å². The Labute approximate surface area is 147 Å². The van der Waals surface area contributed by atoms with Crippen LogP contribution in [0.5, 0.6) is 0 Å². The number of halogens is 2. The summed E-state index contributed by atoms with van der Waals surface area (Å²) in [5.41, 5.74) is 1.26. The van der Waals surface area contributed by atoms with Crippen molar-refractivity contribution in [2.45, 2.75) is 6.61 Å². The van der Waals surface area contributed by atoms with Gasteiger partial charge in [-0.2, -0.15) is 0 Å². The molecule has 3 rings (SSSR count). The minimum absolute atomic E-state index is 0.172. The van der Waals surface area contributed by atoms with Gasteiger partial charge in [-0.1, -0.05) is 58.4 Å². The molecule has 2 nitrogen and oxygen atoms in total. The Morgan fingerprint density at radius 3 is 2.75 bits per heavy atom. The van der Waals surface area contributed by atoms with E-state index in [-0.39, 0.29) is 6.61 Å². The number of carbonyl (C=O) groups is 1. The lowest BCUT2D eigenvalue weighted by Crippen LogP contribution is -2.01. The fourth-order valence-corrected chi connectivity index (χ4v) is 2.79. The minimum Gasteiger partial charge on any atom is -0.458 e. The highest BCUT2D eigenvalue weighted by molar-refractivity contribution is 9.10. The summed E-state index contributed by atoms with van der Waals surface area (Å²) in [6.45, 7) is 0.172. The molecule has 0 aliphatic heterocycles. The first kappa shape index (κ1) is 16.4. The fraction of sp³-hybridized carbons (Fsp3) is 0.0500. The zero-order valence-corrected chi connectivity index (χ0v) is 14.3. The maximum atomic E-state index is 13.6. The van der Waals surface area contributed by atoms with Gasteiger partial charge in [-0.05, 0) is 40.6 Å². The van der Waals surface area contributed by atoms with Crippen molar-refractivity contribution >= 4 is 38.7 Å². The van der Waals surface area contributed by atoms with Gasteiger partial charge in [0.05, 0.1) is 0 Å². The quantitative estimate of drug-likeness (QED) is 0.438. The summed E-state index contributed by atoms with van der Waals surface area (Å²) < 4.78 is 19.6. The summed E-state index contributed by atoms with van der Waals surface area (Å²) >= 11 is 3.27. The lowest BCUT2D eigenvalue weighted by molar-refractivity contribution is -0.138. The maximum absolute atomic E-state index is 13.6. The van der Waals surface area contributed by atoms with E-state index >= 15 is 0 Å². The van der Waals surface area contributed by atoms with Gasteiger partial charge in [-0.3, -0.25) is 0 Å². The monoisotopic (exact) mass is 384 g/mol. The first-order valence-corrected chi connectivity index (χ1v) is 8.19. The van der Waals surface area contributed by atoms with Crippen molar-refractivity contribution in [1.82, 2.24) is 0 Å². The van der Waals surface area contributed by atoms with Crippen LogP contribution in [0.4, 0.5) is 4.39 Å². The third kappa shape index (κ3) is 3.89. The summed E-state index contributed by atoms with van der Waals surface area (Å²) in [5.74, 6) is -0.904. The Morgan fingerprint density at radius 2 is 1.88 bits per heavy atom. The largest absolute Gasteiger partial charge is 0.458 e. The molecule has 0 atom stereocenters. The first-order chi connectivity index (χ1) is 11.6. The molecule has 0 aliphatic carbocycles. The van der Waals surface area contributed by atoms with E-state index in [1.54, 1.807) is 12.1 Å². The smallest absolute Gasteiger partial charge is 0.331 e. The van der Waals surface area contributed by atoms with Crippen LogP contribution in [0.2, 0.25) is 0 Å². The Kier molecular flexibility index (Phi) is 5.06. The van der Waals surface area contributed by atoms with Crippen LogP contribution < -0.4 is 0 Å². The van der Waals surface area contributed by atoms with Crippen molar-refractivity contribution in [2.75, 3.05) is 0 Å². The first-order valence-electron chi connectivity index (χ1n) is 7.40. The van der Waals surface area contributed by atoms with Crippen LogP contribution in [0.1, 0.15) is 11.1 Å². The number of rotatable bonds is 4. The molecule has 0 spiro atoms. The molecule has 4 heteroatoms. The number of benzene rings is 3. The average Bonchev–Trinajstić information content (AvgIpc) is 2.60. The zero-order chi connectivity index (χ0) is 16.9. The number of carbonyl (C=O) groups excluding carboxylic acids is 1. The van der Waals surface area contributed by atoms with Gasteiger partial charge in [0.2, 0.25) is 0 Å². The number of esters is 1. The van der Waals surface area contributed by atoms with Gasteiger partial charge in [-0.15, -0.1) is 0 Å². The maximum Gasteiger partial charge on any atom is 0.331 e. The number of hydrogen-bond acceptors (Lipinski definition) is 2. The van der Waals surface area contributed by atoms with Crippen molar-refractivity contribution in [3.05, 3.63) is 88.2 Å². The molecule has 0 aliphatic rings. The lowest BCUT2D eigenvalue weighted by Gasteiger charge is -2.06. The van der Waals surface area contributed by atoms with E-state index in [0.717, 1.165) is 20.8 Å². The summed E-state index contributed by atoms with van der Waals surface area (Å²) in [6.07, 6.45) is 2.64. The van der Waals surface area contributed by atoms with E-state index < -0.39 is 11.8 Å². The van der Waals surface area contributed by atoms with E-state index in [0.29, 0.717) is 5.56 Å². The molecule has 24 heavy (non-hydrogen) atoms. The van der Waals surface area contributed by atoms with Gasteiger partial charge in [0, 0.05) is 16.1 Å². The van der Waals surface area contributed by atoms with Crippen molar-refractivity contribution < 1.29 is 13.9 Å². The number of fused-ring (bicyclic) bond motifs is 1. The molecule has 0 radical (unpaired) electrons. The molecule has 0 bridgehead atoms. The molecule has 0 amide bonds. The molecule has 3 aromatic rings. The molecular formula is C20H14BrFO2. The van der Waals surface area contributed by atoms with Gasteiger partial charge in [0.1, 0.15) is 12.4 Å². The van der Waals surface area contributed by atoms with Crippen LogP contribution in [-0.4, -0.2) is 5.97 Å². The van der Waals surface area contributed by atoms with E-state index in [4.69, 9.17) is 4.74 Å². The SMILES string of the molecule is O=C(/C=C/c1cc(Br)ccc1F)OCc1cccc2ccccc12. The van der Waals surface area contributed by atoms with Gasteiger partial charge >= 0.3 is 5.97 Å². The predicted molar refractivity (Wildman–Crippen MR) is 96.9 cm³/mol. The van der Waals surface area contributed by atoms with Crippen molar-refractivity contribution in [3.63, 3.8) is 0 Å². The van der Waals surface area contributed by atoms with Gasteiger partial charge in [0.15, 0.2) is 0 Å². The van der Waals surface area contributed by atoms with Gasteiger partial charge in [0.25, 0.3) is 0 Å². The molecule has 0 heterocycles. The second-order valence-corrected chi connectivity index (χ2v) is 6.16. The van der Waals surface area contributed by atoms with Crippen LogP contribution in [0.3, 0.4) is 0 Å². The fourth-order valence-electron chi connectivity index (χ4n) is 2.42. The molecule has 0 N–H and O–H groups in total. The molecule has 0 saturated heterocycles. The van der Waals surface area contributed by atoms with E-state index in [1.807, 2.05) is 42.5 Å². The third-order valence-corrected chi connectivity index (χ3v) is 4.10. The number of ether oxygens (including phenoxy) is 1. The van der Waals surface area contributed by atoms with Crippen molar-refractivity contribution in [2.24, 2.45) is 0 Å². The Balaban J connectivity index is 1.69. The average molecular weight is 385 g/mol. The number of hydrogen-bond donors (Lipinski definition) is 0. The topological polar surface area (TPSA) is 26.3 Å². The highest BCUT2D eigenvalue weighted by atomic mass is 79.9. The molecule has 0 aromatic heterocycles. The second kappa shape index (κ2) is 7.41. The highest BCUT2D eigenvalue weighted by Gasteiger charge is 2.04. The molecule has 0 fully saturated rings. The molecule has 0 unspecified atom stereocenters. The van der Waals surface area contributed by atoms with Crippen LogP contribution in [0.15, 0.2) is 71.2 Å². The lowest BCUT2D eigenvalue weighted by atomic mass is 10.1. The third-order valence-electron chi connectivity index (χ3n) is 3.61. The predicted octanol–water partition coefficient (Wildman–Crippen LogP) is 5.50. The van der Waals surface area contributed by atoms with Crippen LogP contribution in [0, 0.1) is 5.82 Å². The van der Waals surface area contributed by atoms with Crippen LogP contribution in [-0.2, 0) is 16.1 Å². The normalized spacial score (nSPS) is 11.1. The highest BCUT2D eigenvalue weighted by Crippen LogP contribution is 2.20.